The molecule has 0 spiro atoms. The monoisotopic (exact) mass is 420 g/mol. The molecule has 1 saturated heterocycles. The average molecular weight is 420 g/mol. The van der Waals surface area contributed by atoms with Crippen molar-refractivity contribution in [3.8, 4) is 6.07 Å². The van der Waals surface area contributed by atoms with Crippen molar-refractivity contribution < 1.29 is 27.2 Å². The van der Waals surface area contributed by atoms with Crippen LogP contribution >= 0.6 is 0 Å². The molecule has 0 aliphatic carbocycles. The normalized spacial score (nSPS) is 16.2. The molecule has 2 N–H and O–H groups in total. The number of carbonyl (C=O) groups excluding carboxylic acids is 2. The van der Waals surface area contributed by atoms with Gasteiger partial charge in [-0.3, -0.25) is 4.79 Å². The number of hydrogen-bond donors (Lipinski definition) is 1. The summed E-state index contributed by atoms with van der Waals surface area (Å²) in [5.41, 5.74) is 2.65. The van der Waals surface area contributed by atoms with Crippen molar-refractivity contribution in [2.45, 2.75) is 32.1 Å². The lowest BCUT2D eigenvalue weighted by molar-refractivity contribution is -0.137. The number of nitrogen functional groups attached to an aromatic ring is 1. The van der Waals surface area contributed by atoms with E-state index in [1.54, 1.807) is 0 Å². The lowest BCUT2D eigenvalue weighted by Gasteiger charge is -2.28. The molecule has 0 unspecified atom stereocenters. The zero-order chi connectivity index (χ0) is 22.4. The van der Waals surface area contributed by atoms with E-state index >= 15 is 0 Å². The van der Waals surface area contributed by atoms with Gasteiger partial charge in [-0.15, -0.1) is 0 Å². The second kappa shape index (κ2) is 7.02. The highest BCUT2D eigenvalue weighted by Gasteiger charge is 2.52. The minimum Gasteiger partial charge on any atom is -0.398 e. The van der Waals surface area contributed by atoms with Crippen LogP contribution in [0.3, 0.4) is 0 Å². The number of benzene rings is 2. The van der Waals surface area contributed by atoms with Crippen LogP contribution in [0.1, 0.15) is 30.5 Å². The summed E-state index contributed by atoms with van der Waals surface area (Å²) in [5, 5.41) is 8.93. The Balaban J connectivity index is 2.03. The van der Waals surface area contributed by atoms with Crippen molar-refractivity contribution in [2.24, 2.45) is 0 Å². The second-order valence-electron chi connectivity index (χ2n) is 7.25. The number of halogens is 4. The number of nitrogens with two attached hydrogens (primary N) is 1. The van der Waals surface area contributed by atoms with Crippen LogP contribution in [0.4, 0.5) is 33.7 Å². The van der Waals surface area contributed by atoms with E-state index in [9.17, 15) is 27.2 Å². The molecule has 1 heterocycles. The molecule has 2 aromatic carbocycles. The van der Waals surface area contributed by atoms with E-state index in [0.29, 0.717) is 16.5 Å². The fourth-order valence-corrected chi connectivity index (χ4v) is 3.21. The predicted molar refractivity (Wildman–Crippen MR) is 99.5 cm³/mol. The van der Waals surface area contributed by atoms with Crippen LogP contribution in [0.15, 0.2) is 36.4 Å². The van der Waals surface area contributed by atoms with Crippen LogP contribution in [0.5, 0.6) is 0 Å². The van der Waals surface area contributed by atoms with E-state index in [1.165, 1.54) is 26.0 Å². The van der Waals surface area contributed by atoms with Crippen molar-refractivity contribution in [1.82, 2.24) is 4.90 Å². The summed E-state index contributed by atoms with van der Waals surface area (Å²) in [7, 11) is 0. The van der Waals surface area contributed by atoms with Crippen molar-refractivity contribution >= 4 is 23.3 Å². The summed E-state index contributed by atoms with van der Waals surface area (Å²) < 4.78 is 53.2. The van der Waals surface area contributed by atoms with Crippen molar-refractivity contribution in [3.63, 3.8) is 0 Å². The van der Waals surface area contributed by atoms with Crippen molar-refractivity contribution in [3.05, 3.63) is 58.9 Å². The van der Waals surface area contributed by atoms with E-state index in [2.05, 4.69) is 0 Å². The number of alkyl halides is 3. The third kappa shape index (κ3) is 3.43. The summed E-state index contributed by atoms with van der Waals surface area (Å²) in [6.07, 6.45) is -4.84. The van der Waals surface area contributed by atoms with Gasteiger partial charge in [-0.1, -0.05) is 6.07 Å². The molecular weight excluding hydrogens is 404 g/mol. The van der Waals surface area contributed by atoms with Gasteiger partial charge in [-0.05, 0) is 49.7 Å². The Morgan fingerprint density at radius 1 is 1.13 bits per heavy atom. The quantitative estimate of drug-likeness (QED) is 0.461. The molecule has 6 nitrogen and oxygen atoms in total. The van der Waals surface area contributed by atoms with Crippen LogP contribution < -0.4 is 10.6 Å². The first kappa shape index (κ1) is 21.1. The molecule has 0 aromatic heterocycles. The molecule has 1 fully saturated rings. The minimum atomic E-state index is -4.84. The van der Waals surface area contributed by atoms with Crippen LogP contribution in [0, 0.1) is 17.1 Å². The Morgan fingerprint density at radius 3 is 2.37 bits per heavy atom. The first-order chi connectivity index (χ1) is 13.9. The molecule has 3 amide bonds. The number of nitriles is 1. The largest absolute Gasteiger partial charge is 0.417 e. The van der Waals surface area contributed by atoms with E-state index in [0.717, 1.165) is 29.2 Å². The van der Waals surface area contributed by atoms with Crippen LogP contribution in [-0.4, -0.2) is 22.4 Å². The molecule has 0 radical (unpaired) electrons. The molecule has 2 aromatic rings. The van der Waals surface area contributed by atoms with Crippen LogP contribution in [0.25, 0.3) is 0 Å². The van der Waals surface area contributed by atoms with Gasteiger partial charge in [0, 0.05) is 5.69 Å². The zero-order valence-corrected chi connectivity index (χ0v) is 15.9. The Bertz CT molecular complexity index is 1090. The summed E-state index contributed by atoms with van der Waals surface area (Å²) in [6.45, 7) is 2.74. The minimum absolute atomic E-state index is 0.0715. The Labute approximate surface area is 169 Å². The summed E-state index contributed by atoms with van der Waals surface area (Å²) in [4.78, 5) is 27.7. The van der Waals surface area contributed by atoms with Gasteiger partial charge < -0.3 is 10.6 Å². The highest BCUT2D eigenvalue weighted by atomic mass is 19.4. The molecule has 0 atom stereocenters. The fourth-order valence-electron chi connectivity index (χ4n) is 3.21. The van der Waals surface area contributed by atoms with Gasteiger partial charge in [0.2, 0.25) is 0 Å². The number of hydrogen-bond acceptors (Lipinski definition) is 4. The Kier molecular flexibility index (Phi) is 4.94. The van der Waals surface area contributed by atoms with Gasteiger partial charge in [0.25, 0.3) is 5.91 Å². The number of nitrogens with zero attached hydrogens (tertiary/aromatic N) is 3. The predicted octanol–water partition coefficient (Wildman–Crippen LogP) is 4.05. The number of urea groups is 1. The summed E-state index contributed by atoms with van der Waals surface area (Å²) >= 11 is 0. The maximum atomic E-state index is 13.3. The van der Waals surface area contributed by atoms with Crippen LogP contribution in [-0.2, 0) is 17.5 Å². The zero-order valence-electron chi connectivity index (χ0n) is 15.9. The lowest BCUT2D eigenvalue weighted by atomic mass is 10.0. The summed E-state index contributed by atoms with van der Waals surface area (Å²) in [5.74, 6) is -1.32. The highest BCUT2D eigenvalue weighted by molar-refractivity contribution is 6.23. The molecule has 3 rings (SSSR count). The first-order valence-corrected chi connectivity index (χ1v) is 8.69. The van der Waals surface area contributed by atoms with Gasteiger partial charge in [0.15, 0.2) is 0 Å². The molecule has 1 aliphatic rings. The fraction of sp³-hybridized carbons (Fsp3) is 0.250. The maximum Gasteiger partial charge on any atom is 0.417 e. The second-order valence-corrected chi connectivity index (χ2v) is 7.25. The third-order valence-corrected chi connectivity index (χ3v) is 4.95. The van der Waals surface area contributed by atoms with E-state index in [-0.39, 0.29) is 17.9 Å². The number of anilines is 2. The van der Waals surface area contributed by atoms with E-state index in [4.69, 9.17) is 11.0 Å². The standard InChI is InChI=1S/C20H16F4N4O2/c1-19(2)17(29)28(14-6-4-11(9-25)15(8-14)20(22,23)24)18(30)27(19)10-12-3-5-13(21)7-16(12)26/h3-8H,10,26H2,1-2H3. The van der Waals surface area contributed by atoms with Gasteiger partial charge in [0.05, 0.1) is 29.4 Å². The van der Waals surface area contributed by atoms with Crippen LogP contribution in [0.2, 0.25) is 0 Å². The molecule has 30 heavy (non-hydrogen) atoms. The average Bonchev–Trinajstić information content (AvgIpc) is 2.82. The smallest absolute Gasteiger partial charge is 0.398 e. The number of rotatable bonds is 3. The van der Waals surface area contributed by atoms with E-state index < -0.39 is 40.6 Å². The lowest BCUT2D eigenvalue weighted by Crippen LogP contribution is -2.43. The number of carbonyl (C=O) groups is 2. The third-order valence-electron chi connectivity index (χ3n) is 4.95. The molecule has 156 valence electrons. The SMILES string of the molecule is CC1(C)C(=O)N(c2ccc(C#N)c(C(F)(F)F)c2)C(=O)N1Cc1ccc(F)cc1N. The molecular formula is C20H16F4N4O2. The first-order valence-electron chi connectivity index (χ1n) is 8.69. The maximum absolute atomic E-state index is 13.3. The topological polar surface area (TPSA) is 90.4 Å². The number of imide groups is 1. The number of amides is 3. The molecule has 0 saturated carbocycles. The molecule has 1 aliphatic heterocycles. The molecule has 10 heteroatoms. The van der Waals surface area contributed by atoms with Crippen molar-refractivity contribution in [1.29, 1.82) is 5.26 Å². The Hall–Kier alpha value is -3.61. The van der Waals surface area contributed by atoms with Gasteiger partial charge in [-0.25, -0.2) is 14.1 Å². The summed E-state index contributed by atoms with van der Waals surface area (Å²) in [6, 6.07) is 6.79. The van der Waals surface area contributed by atoms with E-state index in [1.807, 2.05) is 0 Å². The van der Waals surface area contributed by atoms with Gasteiger partial charge in [-0.2, -0.15) is 18.4 Å². The van der Waals surface area contributed by atoms with Crippen molar-refractivity contribution in [2.75, 3.05) is 10.6 Å². The van der Waals surface area contributed by atoms with Gasteiger partial charge in [0.1, 0.15) is 11.4 Å². The van der Waals surface area contributed by atoms with Gasteiger partial charge >= 0.3 is 12.2 Å². The highest BCUT2D eigenvalue weighted by Crippen LogP contribution is 2.38. The Morgan fingerprint density at radius 2 is 1.80 bits per heavy atom. The molecule has 0 bridgehead atoms.